The molecule has 1 aromatic carbocycles. The molecule has 0 aliphatic carbocycles. The third-order valence-corrected chi connectivity index (χ3v) is 2.39. The molecular weight excluding hydrogens is 228 g/mol. The highest BCUT2D eigenvalue weighted by atomic mass is 16.5. The number of pyridine rings is 1. The van der Waals surface area contributed by atoms with Crippen LogP contribution in [-0.4, -0.2) is 25.4 Å². The molecule has 0 unspecified atom stereocenters. The van der Waals surface area contributed by atoms with Crippen LogP contribution in [0.2, 0.25) is 0 Å². The zero-order valence-corrected chi connectivity index (χ0v) is 10.3. The van der Waals surface area contributed by atoms with E-state index in [9.17, 15) is 0 Å². The third-order valence-electron chi connectivity index (χ3n) is 2.39. The highest BCUT2D eigenvalue weighted by Crippen LogP contribution is 2.19. The average Bonchev–Trinajstić information content (AvgIpc) is 2.46. The minimum Gasteiger partial charge on any atom is -0.497 e. The van der Waals surface area contributed by atoms with Crippen LogP contribution in [0.25, 0.3) is 0 Å². The molecule has 4 heteroatoms. The smallest absolute Gasteiger partial charge is 0.137 e. The molecule has 0 spiro atoms. The Kier molecular flexibility index (Phi) is 3.91. The molecule has 0 saturated heterocycles. The summed E-state index contributed by atoms with van der Waals surface area (Å²) >= 11 is 0. The molecule has 0 atom stereocenters. The molecule has 2 aromatic rings. The van der Waals surface area contributed by atoms with Gasteiger partial charge in [0.2, 0.25) is 0 Å². The number of aliphatic imine (C=N–C) groups is 1. The first kappa shape index (κ1) is 12.1. The van der Waals surface area contributed by atoms with Crippen LogP contribution < -0.4 is 9.47 Å². The van der Waals surface area contributed by atoms with Crippen LogP contribution in [-0.2, 0) is 0 Å². The zero-order chi connectivity index (χ0) is 12.8. The number of nitrogens with zero attached hydrogens (tertiary/aromatic N) is 2. The van der Waals surface area contributed by atoms with Gasteiger partial charge in [0.05, 0.1) is 38.0 Å². The van der Waals surface area contributed by atoms with Crippen LogP contribution in [0, 0.1) is 0 Å². The van der Waals surface area contributed by atoms with Crippen molar-refractivity contribution in [2.45, 2.75) is 0 Å². The van der Waals surface area contributed by atoms with Gasteiger partial charge in [-0.15, -0.1) is 0 Å². The zero-order valence-electron chi connectivity index (χ0n) is 10.3. The van der Waals surface area contributed by atoms with Crippen molar-refractivity contribution in [1.29, 1.82) is 0 Å². The molecule has 1 heterocycles. The van der Waals surface area contributed by atoms with Crippen molar-refractivity contribution in [2.24, 2.45) is 4.99 Å². The van der Waals surface area contributed by atoms with E-state index < -0.39 is 0 Å². The molecule has 0 aliphatic heterocycles. The van der Waals surface area contributed by atoms with Crippen molar-refractivity contribution in [3.63, 3.8) is 0 Å². The number of benzene rings is 1. The second-order valence-electron chi connectivity index (χ2n) is 3.58. The topological polar surface area (TPSA) is 43.7 Å². The van der Waals surface area contributed by atoms with Crippen LogP contribution in [0.3, 0.4) is 0 Å². The largest absolute Gasteiger partial charge is 0.497 e. The Morgan fingerprint density at radius 1 is 1.06 bits per heavy atom. The van der Waals surface area contributed by atoms with Gasteiger partial charge in [0.15, 0.2) is 0 Å². The number of hydrogen-bond acceptors (Lipinski definition) is 4. The SMILES string of the molecule is COc1ccc(C=Nc2cccc(OC)c2)nc1. The minimum atomic E-state index is 0.730. The van der Waals surface area contributed by atoms with E-state index in [1.54, 1.807) is 26.6 Å². The van der Waals surface area contributed by atoms with Crippen LogP contribution in [0.4, 0.5) is 5.69 Å². The predicted octanol–water partition coefficient (Wildman–Crippen LogP) is 2.85. The normalized spacial score (nSPS) is 10.6. The van der Waals surface area contributed by atoms with Gasteiger partial charge in [0.1, 0.15) is 11.5 Å². The van der Waals surface area contributed by atoms with Gasteiger partial charge in [-0.05, 0) is 24.3 Å². The molecular formula is C14H14N2O2. The van der Waals surface area contributed by atoms with Crippen molar-refractivity contribution < 1.29 is 9.47 Å². The van der Waals surface area contributed by atoms with Gasteiger partial charge >= 0.3 is 0 Å². The van der Waals surface area contributed by atoms with Crippen LogP contribution in [0.1, 0.15) is 5.69 Å². The van der Waals surface area contributed by atoms with Gasteiger partial charge in [0.25, 0.3) is 0 Å². The Morgan fingerprint density at radius 3 is 2.56 bits per heavy atom. The van der Waals surface area contributed by atoms with Crippen molar-refractivity contribution in [1.82, 2.24) is 4.98 Å². The molecule has 0 fully saturated rings. The quantitative estimate of drug-likeness (QED) is 0.774. The van der Waals surface area contributed by atoms with E-state index in [4.69, 9.17) is 9.47 Å². The lowest BCUT2D eigenvalue weighted by atomic mass is 10.3. The minimum absolute atomic E-state index is 0.730. The van der Waals surface area contributed by atoms with Gasteiger partial charge in [0, 0.05) is 6.07 Å². The molecule has 1 aromatic heterocycles. The molecule has 0 radical (unpaired) electrons. The molecule has 0 bridgehead atoms. The van der Waals surface area contributed by atoms with Gasteiger partial charge in [-0.25, -0.2) is 0 Å². The first-order chi connectivity index (χ1) is 8.81. The average molecular weight is 242 g/mol. The maximum absolute atomic E-state index is 5.13. The Bertz CT molecular complexity index is 536. The van der Waals surface area contributed by atoms with Crippen molar-refractivity contribution in [2.75, 3.05) is 14.2 Å². The fourth-order valence-corrected chi connectivity index (χ4v) is 1.42. The molecule has 0 aliphatic rings. The first-order valence-electron chi connectivity index (χ1n) is 5.50. The standard InChI is InChI=1S/C14H14N2O2/c1-17-13-5-3-4-11(8-13)15-9-12-6-7-14(18-2)10-16-12/h3-10H,1-2H3. The number of rotatable bonds is 4. The highest BCUT2D eigenvalue weighted by molar-refractivity contribution is 5.79. The van der Waals surface area contributed by atoms with Crippen LogP contribution >= 0.6 is 0 Å². The van der Waals surface area contributed by atoms with E-state index in [1.165, 1.54) is 0 Å². The van der Waals surface area contributed by atoms with E-state index in [2.05, 4.69) is 9.98 Å². The van der Waals surface area contributed by atoms with Gasteiger partial charge in [-0.2, -0.15) is 0 Å². The molecule has 0 amide bonds. The summed E-state index contributed by atoms with van der Waals surface area (Å²) in [6, 6.07) is 11.2. The fourth-order valence-electron chi connectivity index (χ4n) is 1.42. The third kappa shape index (κ3) is 3.07. The second-order valence-corrected chi connectivity index (χ2v) is 3.58. The lowest BCUT2D eigenvalue weighted by molar-refractivity contribution is 0.413. The van der Waals surface area contributed by atoms with E-state index in [0.29, 0.717) is 0 Å². The van der Waals surface area contributed by atoms with E-state index in [-0.39, 0.29) is 0 Å². The molecule has 2 rings (SSSR count). The maximum atomic E-state index is 5.13. The number of methoxy groups -OCH3 is 2. The molecule has 4 nitrogen and oxygen atoms in total. The van der Waals surface area contributed by atoms with Gasteiger partial charge < -0.3 is 9.47 Å². The summed E-state index contributed by atoms with van der Waals surface area (Å²) in [4.78, 5) is 8.53. The maximum Gasteiger partial charge on any atom is 0.137 e. The van der Waals surface area contributed by atoms with E-state index >= 15 is 0 Å². The summed E-state index contributed by atoms with van der Waals surface area (Å²) in [6.07, 6.45) is 3.36. The Morgan fingerprint density at radius 2 is 1.89 bits per heavy atom. The van der Waals surface area contributed by atoms with E-state index in [1.807, 2.05) is 36.4 Å². The Hall–Kier alpha value is -2.36. The monoisotopic (exact) mass is 242 g/mol. The van der Waals surface area contributed by atoms with Crippen molar-refractivity contribution >= 4 is 11.9 Å². The van der Waals surface area contributed by atoms with Crippen molar-refractivity contribution in [3.8, 4) is 11.5 Å². The second kappa shape index (κ2) is 5.82. The number of ether oxygens (including phenoxy) is 2. The van der Waals surface area contributed by atoms with Crippen LogP contribution in [0.5, 0.6) is 11.5 Å². The fraction of sp³-hybridized carbons (Fsp3) is 0.143. The molecule has 0 saturated carbocycles. The van der Waals surface area contributed by atoms with Gasteiger partial charge in [-0.3, -0.25) is 9.98 Å². The lowest BCUT2D eigenvalue weighted by Crippen LogP contribution is -1.89. The molecule has 18 heavy (non-hydrogen) atoms. The predicted molar refractivity (Wildman–Crippen MR) is 71.0 cm³/mol. The van der Waals surface area contributed by atoms with Crippen LogP contribution in [0.15, 0.2) is 47.6 Å². The summed E-state index contributed by atoms with van der Waals surface area (Å²) < 4.78 is 10.2. The Balaban J connectivity index is 2.13. The number of hydrogen-bond donors (Lipinski definition) is 0. The highest BCUT2D eigenvalue weighted by Gasteiger charge is 1.94. The van der Waals surface area contributed by atoms with E-state index in [0.717, 1.165) is 22.9 Å². The van der Waals surface area contributed by atoms with Gasteiger partial charge in [-0.1, -0.05) is 6.07 Å². The summed E-state index contributed by atoms with van der Waals surface area (Å²) in [6.45, 7) is 0. The lowest BCUT2D eigenvalue weighted by Gasteiger charge is -2.00. The number of aromatic nitrogens is 1. The first-order valence-corrected chi connectivity index (χ1v) is 5.50. The summed E-state index contributed by atoms with van der Waals surface area (Å²) in [5.74, 6) is 1.51. The summed E-state index contributed by atoms with van der Waals surface area (Å²) in [5, 5.41) is 0. The van der Waals surface area contributed by atoms with Crippen molar-refractivity contribution in [3.05, 3.63) is 48.3 Å². The summed E-state index contributed by atoms with van der Waals surface area (Å²) in [5.41, 5.74) is 1.60. The Labute approximate surface area is 106 Å². The molecule has 92 valence electrons. The summed E-state index contributed by atoms with van der Waals surface area (Å²) in [7, 11) is 3.24. The molecule has 0 N–H and O–H groups in total.